The normalized spacial score (nSPS) is 24.7. The highest BCUT2D eigenvalue weighted by Crippen LogP contribution is 2.36. The monoisotopic (exact) mass is 255 g/mol. The zero-order valence-electron chi connectivity index (χ0n) is 11.2. The summed E-state index contributed by atoms with van der Waals surface area (Å²) in [6.07, 6.45) is 7.22. The van der Waals surface area contributed by atoms with Crippen molar-refractivity contribution in [3.63, 3.8) is 0 Å². The molecule has 1 saturated heterocycles. The molecule has 1 aliphatic heterocycles. The van der Waals surface area contributed by atoms with Crippen LogP contribution in [-0.4, -0.2) is 32.3 Å². The van der Waals surface area contributed by atoms with Crippen LogP contribution in [0.2, 0.25) is 0 Å². The molecule has 1 heterocycles. The van der Waals surface area contributed by atoms with Gasteiger partial charge < -0.3 is 15.2 Å². The number of carbonyl (C=O) groups is 1. The van der Waals surface area contributed by atoms with Gasteiger partial charge >= 0.3 is 5.97 Å². The molecule has 0 radical (unpaired) electrons. The van der Waals surface area contributed by atoms with Crippen molar-refractivity contribution in [3.05, 3.63) is 0 Å². The zero-order chi connectivity index (χ0) is 12.8. The Labute approximate surface area is 109 Å². The molecule has 4 nitrogen and oxygen atoms in total. The van der Waals surface area contributed by atoms with Crippen LogP contribution < -0.4 is 5.73 Å². The molecule has 1 aliphatic carbocycles. The second-order valence-corrected chi connectivity index (χ2v) is 5.70. The lowest BCUT2D eigenvalue weighted by Gasteiger charge is -2.34. The Kier molecular flexibility index (Phi) is 5.01. The van der Waals surface area contributed by atoms with Crippen LogP contribution in [0, 0.1) is 11.3 Å². The van der Waals surface area contributed by atoms with Gasteiger partial charge in [-0.25, -0.2) is 0 Å². The largest absolute Gasteiger partial charge is 0.465 e. The Morgan fingerprint density at radius 2 is 1.89 bits per heavy atom. The third kappa shape index (κ3) is 3.23. The summed E-state index contributed by atoms with van der Waals surface area (Å²) in [6.45, 7) is 2.57. The van der Waals surface area contributed by atoms with Crippen molar-refractivity contribution >= 4 is 5.97 Å². The first kappa shape index (κ1) is 13.8. The fourth-order valence-corrected chi connectivity index (χ4v) is 2.98. The fourth-order valence-electron chi connectivity index (χ4n) is 2.98. The van der Waals surface area contributed by atoms with E-state index < -0.39 is 0 Å². The van der Waals surface area contributed by atoms with Crippen molar-refractivity contribution in [2.24, 2.45) is 17.1 Å². The zero-order valence-corrected chi connectivity index (χ0v) is 11.2. The number of rotatable bonds is 4. The lowest BCUT2D eigenvalue weighted by Crippen LogP contribution is -2.42. The van der Waals surface area contributed by atoms with Gasteiger partial charge in [-0.15, -0.1) is 0 Å². The predicted molar refractivity (Wildman–Crippen MR) is 69.1 cm³/mol. The molecule has 0 aromatic carbocycles. The van der Waals surface area contributed by atoms with Crippen LogP contribution in [0.3, 0.4) is 0 Å². The number of esters is 1. The molecular formula is C14H25NO3. The van der Waals surface area contributed by atoms with Crippen molar-refractivity contribution in [1.29, 1.82) is 0 Å². The quantitative estimate of drug-likeness (QED) is 0.779. The van der Waals surface area contributed by atoms with Crippen LogP contribution in [0.15, 0.2) is 0 Å². The molecule has 0 aromatic rings. The lowest BCUT2D eigenvalue weighted by molar-refractivity contribution is -0.159. The molecule has 0 bridgehead atoms. The lowest BCUT2D eigenvalue weighted by atomic mass is 9.74. The van der Waals surface area contributed by atoms with Crippen molar-refractivity contribution < 1.29 is 14.3 Å². The van der Waals surface area contributed by atoms with Gasteiger partial charge in [0, 0.05) is 19.8 Å². The Morgan fingerprint density at radius 1 is 1.22 bits per heavy atom. The SMILES string of the molecule is NCC1(C(=O)OCC2CCOCC2)CCCCC1. The first-order valence-corrected chi connectivity index (χ1v) is 7.22. The smallest absolute Gasteiger partial charge is 0.313 e. The molecule has 0 aromatic heterocycles. The summed E-state index contributed by atoms with van der Waals surface area (Å²) in [4.78, 5) is 12.3. The third-order valence-electron chi connectivity index (χ3n) is 4.43. The fraction of sp³-hybridized carbons (Fsp3) is 0.929. The summed E-state index contributed by atoms with van der Waals surface area (Å²) in [6, 6.07) is 0. The summed E-state index contributed by atoms with van der Waals surface area (Å²) < 4.78 is 10.8. The van der Waals surface area contributed by atoms with E-state index >= 15 is 0 Å². The van der Waals surface area contributed by atoms with Gasteiger partial charge in [0.05, 0.1) is 12.0 Å². The first-order valence-electron chi connectivity index (χ1n) is 7.22. The molecule has 4 heteroatoms. The maximum absolute atomic E-state index is 12.3. The van der Waals surface area contributed by atoms with Gasteiger partial charge in [0.25, 0.3) is 0 Å². The molecule has 0 spiro atoms. The molecule has 1 saturated carbocycles. The Balaban J connectivity index is 1.81. The Morgan fingerprint density at radius 3 is 2.50 bits per heavy atom. The Bertz CT molecular complexity index is 268. The third-order valence-corrected chi connectivity index (χ3v) is 4.43. The standard InChI is InChI=1S/C14H25NO3/c15-11-14(6-2-1-3-7-14)13(16)18-10-12-4-8-17-9-5-12/h12H,1-11,15H2. The number of carbonyl (C=O) groups excluding carboxylic acids is 1. The maximum atomic E-state index is 12.3. The van der Waals surface area contributed by atoms with E-state index in [4.69, 9.17) is 15.2 Å². The molecule has 18 heavy (non-hydrogen) atoms. The highest BCUT2D eigenvalue weighted by atomic mass is 16.5. The van der Waals surface area contributed by atoms with Gasteiger partial charge in [-0.3, -0.25) is 4.79 Å². The van der Waals surface area contributed by atoms with Gasteiger partial charge in [0.15, 0.2) is 0 Å². The topological polar surface area (TPSA) is 61.6 Å². The average Bonchev–Trinajstić information content (AvgIpc) is 2.46. The second kappa shape index (κ2) is 6.53. The van der Waals surface area contributed by atoms with E-state index in [0.717, 1.165) is 51.7 Å². The summed E-state index contributed by atoms with van der Waals surface area (Å²) in [5.41, 5.74) is 5.44. The molecule has 104 valence electrons. The van der Waals surface area contributed by atoms with E-state index in [-0.39, 0.29) is 11.4 Å². The highest BCUT2D eigenvalue weighted by Gasteiger charge is 2.39. The minimum absolute atomic E-state index is 0.0591. The molecule has 0 unspecified atom stereocenters. The van der Waals surface area contributed by atoms with Crippen LogP contribution in [0.4, 0.5) is 0 Å². The summed E-state index contributed by atoms with van der Waals surface area (Å²) >= 11 is 0. The first-order chi connectivity index (χ1) is 8.77. The van der Waals surface area contributed by atoms with E-state index in [2.05, 4.69) is 0 Å². The van der Waals surface area contributed by atoms with E-state index in [9.17, 15) is 4.79 Å². The summed E-state index contributed by atoms with van der Waals surface area (Å²) in [7, 11) is 0. The van der Waals surface area contributed by atoms with Crippen molar-refractivity contribution in [2.75, 3.05) is 26.4 Å². The Hall–Kier alpha value is -0.610. The maximum Gasteiger partial charge on any atom is 0.313 e. The van der Waals surface area contributed by atoms with Crippen molar-refractivity contribution in [1.82, 2.24) is 0 Å². The van der Waals surface area contributed by atoms with E-state index in [1.54, 1.807) is 0 Å². The number of hydrogen-bond acceptors (Lipinski definition) is 4. The van der Waals surface area contributed by atoms with Crippen LogP contribution in [-0.2, 0) is 14.3 Å². The number of hydrogen-bond donors (Lipinski definition) is 1. The summed E-state index contributed by atoms with van der Waals surface area (Å²) in [5.74, 6) is 0.414. The minimum atomic E-state index is -0.385. The molecular weight excluding hydrogens is 230 g/mol. The van der Waals surface area contributed by atoms with Gasteiger partial charge in [-0.2, -0.15) is 0 Å². The van der Waals surface area contributed by atoms with Crippen LogP contribution in [0.1, 0.15) is 44.9 Å². The average molecular weight is 255 g/mol. The van der Waals surface area contributed by atoms with Gasteiger partial charge in [-0.05, 0) is 31.6 Å². The molecule has 2 N–H and O–H groups in total. The van der Waals surface area contributed by atoms with Gasteiger partial charge in [0.2, 0.25) is 0 Å². The predicted octanol–water partition coefficient (Wildman–Crippen LogP) is 1.87. The van der Waals surface area contributed by atoms with E-state index in [0.29, 0.717) is 19.1 Å². The molecule has 2 rings (SSSR count). The van der Waals surface area contributed by atoms with Crippen LogP contribution >= 0.6 is 0 Å². The number of ether oxygens (including phenoxy) is 2. The molecule has 0 amide bonds. The molecule has 2 aliphatic rings. The van der Waals surface area contributed by atoms with Crippen LogP contribution in [0.5, 0.6) is 0 Å². The van der Waals surface area contributed by atoms with E-state index in [1.807, 2.05) is 0 Å². The van der Waals surface area contributed by atoms with Gasteiger partial charge in [-0.1, -0.05) is 19.3 Å². The van der Waals surface area contributed by atoms with Gasteiger partial charge in [0.1, 0.15) is 0 Å². The molecule has 2 fully saturated rings. The second-order valence-electron chi connectivity index (χ2n) is 5.70. The van der Waals surface area contributed by atoms with Crippen LogP contribution in [0.25, 0.3) is 0 Å². The molecule has 0 atom stereocenters. The highest BCUT2D eigenvalue weighted by molar-refractivity contribution is 5.77. The summed E-state index contributed by atoms with van der Waals surface area (Å²) in [5, 5.41) is 0. The minimum Gasteiger partial charge on any atom is -0.465 e. The van der Waals surface area contributed by atoms with Crippen molar-refractivity contribution in [3.8, 4) is 0 Å². The van der Waals surface area contributed by atoms with Crippen molar-refractivity contribution in [2.45, 2.75) is 44.9 Å². The van der Waals surface area contributed by atoms with E-state index in [1.165, 1.54) is 6.42 Å². The number of nitrogens with two attached hydrogens (primary N) is 1.